The van der Waals surface area contributed by atoms with E-state index in [1.807, 2.05) is 64.1 Å². The number of para-hydroxylation sites is 1. The topological polar surface area (TPSA) is 86.1 Å². The number of esters is 1. The Morgan fingerprint density at radius 2 is 1.63 bits per heavy atom. The zero-order chi connectivity index (χ0) is 22.0. The number of carbonyl (C=O) groups excluding carboxylic acids is 2. The summed E-state index contributed by atoms with van der Waals surface area (Å²) >= 11 is 0. The summed E-state index contributed by atoms with van der Waals surface area (Å²) < 4.78 is 5.36. The van der Waals surface area contributed by atoms with E-state index in [1.54, 1.807) is 6.92 Å². The van der Waals surface area contributed by atoms with Gasteiger partial charge < -0.3 is 10.1 Å². The van der Waals surface area contributed by atoms with Crippen LogP contribution in [0.5, 0.6) is 0 Å². The van der Waals surface area contributed by atoms with Crippen molar-refractivity contribution in [1.29, 1.82) is 0 Å². The normalized spacial score (nSPS) is 11.8. The van der Waals surface area contributed by atoms with Gasteiger partial charge >= 0.3 is 5.97 Å². The largest absolute Gasteiger partial charge is 0.448 e. The van der Waals surface area contributed by atoms with Gasteiger partial charge in [-0.15, -0.1) is 5.10 Å². The van der Waals surface area contributed by atoms with Crippen molar-refractivity contribution in [3.63, 3.8) is 0 Å². The molecule has 0 saturated heterocycles. The van der Waals surface area contributed by atoms with E-state index in [4.69, 9.17) is 4.74 Å². The van der Waals surface area contributed by atoms with E-state index in [1.165, 1.54) is 11.7 Å². The summed E-state index contributed by atoms with van der Waals surface area (Å²) in [6.45, 7) is 11.0. The first-order valence-electron chi connectivity index (χ1n) is 9.77. The number of aromatic nitrogens is 3. The Morgan fingerprint density at radius 3 is 2.27 bits per heavy atom. The molecule has 156 valence electrons. The van der Waals surface area contributed by atoms with Crippen LogP contribution in [0.3, 0.4) is 0 Å². The van der Waals surface area contributed by atoms with Gasteiger partial charge in [0.15, 0.2) is 11.8 Å². The van der Waals surface area contributed by atoms with Gasteiger partial charge in [0.05, 0.1) is 11.4 Å². The minimum absolute atomic E-state index is 0.0849. The molecule has 0 aliphatic heterocycles. The van der Waals surface area contributed by atoms with Gasteiger partial charge in [0.2, 0.25) is 0 Å². The third kappa shape index (κ3) is 4.40. The van der Waals surface area contributed by atoms with E-state index in [9.17, 15) is 9.59 Å². The van der Waals surface area contributed by atoms with Gasteiger partial charge in [0, 0.05) is 5.69 Å². The minimum Gasteiger partial charge on any atom is -0.448 e. The van der Waals surface area contributed by atoms with Crippen molar-refractivity contribution in [1.82, 2.24) is 15.0 Å². The SMILES string of the molecule is Cc1ccc(-n2nc(C)c(C(=O)O[C@H](C)C(=O)Nc3c(C)cccc3C)n2)c(C)c1. The predicted octanol–water partition coefficient (Wildman–Crippen LogP) is 3.99. The average Bonchev–Trinajstić information content (AvgIpc) is 3.06. The van der Waals surface area contributed by atoms with E-state index in [0.717, 1.165) is 33.6 Å². The van der Waals surface area contributed by atoms with Gasteiger partial charge in [-0.1, -0.05) is 35.9 Å². The Balaban J connectivity index is 1.74. The Morgan fingerprint density at radius 1 is 0.967 bits per heavy atom. The molecule has 0 bridgehead atoms. The molecule has 1 heterocycles. The average molecular weight is 406 g/mol. The highest BCUT2D eigenvalue weighted by Gasteiger charge is 2.24. The second kappa shape index (κ2) is 8.49. The number of amides is 1. The lowest BCUT2D eigenvalue weighted by Gasteiger charge is -2.15. The number of hydrogen-bond acceptors (Lipinski definition) is 5. The number of aryl methyl sites for hydroxylation is 5. The highest BCUT2D eigenvalue weighted by Crippen LogP contribution is 2.20. The number of benzene rings is 2. The summed E-state index contributed by atoms with van der Waals surface area (Å²) in [7, 11) is 0. The van der Waals surface area contributed by atoms with Crippen LogP contribution in [0, 0.1) is 34.6 Å². The van der Waals surface area contributed by atoms with Crippen molar-refractivity contribution < 1.29 is 14.3 Å². The van der Waals surface area contributed by atoms with Crippen LogP contribution >= 0.6 is 0 Å². The summed E-state index contributed by atoms with van der Waals surface area (Å²) in [6, 6.07) is 11.6. The van der Waals surface area contributed by atoms with Crippen LogP contribution in [0.15, 0.2) is 36.4 Å². The summed E-state index contributed by atoms with van der Waals surface area (Å²) in [5.74, 6) is -1.09. The lowest BCUT2D eigenvalue weighted by Crippen LogP contribution is -2.30. The van der Waals surface area contributed by atoms with Crippen LogP contribution in [0.1, 0.15) is 45.4 Å². The Hall–Kier alpha value is -3.48. The molecule has 0 aliphatic rings. The van der Waals surface area contributed by atoms with E-state index < -0.39 is 18.0 Å². The molecule has 0 saturated carbocycles. The molecule has 1 atom stereocenters. The van der Waals surface area contributed by atoms with Crippen molar-refractivity contribution in [3.8, 4) is 5.69 Å². The molecule has 0 aliphatic carbocycles. The highest BCUT2D eigenvalue weighted by atomic mass is 16.5. The molecule has 30 heavy (non-hydrogen) atoms. The maximum atomic E-state index is 12.6. The molecule has 2 aromatic carbocycles. The molecular formula is C23H26N4O3. The fourth-order valence-electron chi connectivity index (χ4n) is 3.21. The van der Waals surface area contributed by atoms with Crippen LogP contribution in [-0.2, 0) is 9.53 Å². The van der Waals surface area contributed by atoms with Gasteiger partial charge in [-0.05, 0) is 64.3 Å². The molecule has 0 spiro atoms. The first kappa shape index (κ1) is 21.2. The van der Waals surface area contributed by atoms with Gasteiger partial charge in [0.1, 0.15) is 0 Å². The maximum absolute atomic E-state index is 12.6. The second-order valence-corrected chi connectivity index (χ2v) is 7.52. The third-order valence-electron chi connectivity index (χ3n) is 4.93. The molecule has 3 aromatic rings. The van der Waals surface area contributed by atoms with Crippen molar-refractivity contribution in [3.05, 3.63) is 70.0 Å². The van der Waals surface area contributed by atoms with Crippen LogP contribution < -0.4 is 5.32 Å². The number of hydrogen-bond donors (Lipinski definition) is 1. The summed E-state index contributed by atoms with van der Waals surface area (Å²) in [5.41, 5.74) is 6.02. The smallest absolute Gasteiger partial charge is 0.361 e. The molecule has 1 amide bonds. The zero-order valence-corrected chi connectivity index (χ0v) is 18.1. The number of anilines is 1. The molecule has 7 nitrogen and oxygen atoms in total. The Bertz CT molecular complexity index is 1100. The van der Waals surface area contributed by atoms with Crippen molar-refractivity contribution >= 4 is 17.6 Å². The summed E-state index contributed by atoms with van der Waals surface area (Å²) in [6.07, 6.45) is -0.984. The molecular weight excluding hydrogens is 380 g/mol. The summed E-state index contributed by atoms with van der Waals surface area (Å²) in [4.78, 5) is 26.6. The number of rotatable bonds is 5. The van der Waals surface area contributed by atoms with E-state index in [-0.39, 0.29) is 5.69 Å². The fourth-order valence-corrected chi connectivity index (χ4v) is 3.21. The van der Waals surface area contributed by atoms with E-state index in [0.29, 0.717) is 5.69 Å². The van der Waals surface area contributed by atoms with Crippen LogP contribution in [0.2, 0.25) is 0 Å². The quantitative estimate of drug-likeness (QED) is 0.648. The highest BCUT2D eigenvalue weighted by molar-refractivity contribution is 5.98. The molecule has 1 aromatic heterocycles. The van der Waals surface area contributed by atoms with Gasteiger partial charge in [-0.25, -0.2) is 4.79 Å². The lowest BCUT2D eigenvalue weighted by atomic mass is 10.1. The molecule has 3 rings (SSSR count). The number of nitrogens with one attached hydrogen (secondary N) is 1. The Kier molecular flexibility index (Phi) is 6.01. The number of nitrogens with zero attached hydrogens (tertiary/aromatic N) is 3. The van der Waals surface area contributed by atoms with Gasteiger partial charge in [-0.3, -0.25) is 4.79 Å². The third-order valence-corrected chi connectivity index (χ3v) is 4.93. The number of ether oxygens (including phenoxy) is 1. The molecule has 7 heteroatoms. The minimum atomic E-state index is -0.984. The fraction of sp³-hybridized carbons (Fsp3) is 0.304. The van der Waals surface area contributed by atoms with Crippen molar-refractivity contribution in [2.24, 2.45) is 0 Å². The second-order valence-electron chi connectivity index (χ2n) is 7.52. The summed E-state index contributed by atoms with van der Waals surface area (Å²) in [5, 5.41) is 11.5. The van der Waals surface area contributed by atoms with E-state index in [2.05, 4.69) is 15.5 Å². The monoisotopic (exact) mass is 406 g/mol. The van der Waals surface area contributed by atoms with Crippen molar-refractivity contribution in [2.45, 2.75) is 47.6 Å². The van der Waals surface area contributed by atoms with Gasteiger partial charge in [-0.2, -0.15) is 9.90 Å². The van der Waals surface area contributed by atoms with E-state index >= 15 is 0 Å². The standard InChI is InChI=1S/C23H26N4O3/c1-13-10-11-19(16(4)12-13)27-25-17(5)21(26-27)23(29)30-18(6)22(28)24-20-14(2)8-7-9-15(20)3/h7-12,18H,1-6H3,(H,24,28)/t18-/m1/s1. The van der Waals surface area contributed by atoms with Crippen LogP contribution in [0.4, 0.5) is 5.69 Å². The van der Waals surface area contributed by atoms with Crippen molar-refractivity contribution in [2.75, 3.05) is 5.32 Å². The Labute approximate surface area is 176 Å². The maximum Gasteiger partial charge on any atom is 0.361 e. The zero-order valence-electron chi connectivity index (χ0n) is 18.1. The molecule has 0 fully saturated rings. The molecule has 0 unspecified atom stereocenters. The van der Waals surface area contributed by atoms with Gasteiger partial charge in [0.25, 0.3) is 5.91 Å². The lowest BCUT2D eigenvalue weighted by molar-refractivity contribution is -0.123. The predicted molar refractivity (Wildman–Crippen MR) is 115 cm³/mol. The van der Waals surface area contributed by atoms with Crippen LogP contribution in [-0.4, -0.2) is 33.0 Å². The molecule has 0 radical (unpaired) electrons. The molecule has 1 N–H and O–H groups in total. The van der Waals surface area contributed by atoms with Crippen LogP contribution in [0.25, 0.3) is 5.69 Å². The first-order valence-corrected chi connectivity index (χ1v) is 9.77. The number of carbonyl (C=O) groups is 2. The first-order chi connectivity index (χ1) is 14.2.